The number of nitriles is 2. The highest BCUT2D eigenvalue weighted by Crippen LogP contribution is 2.63. The number of hydrogen-bond acceptors (Lipinski definition) is 3. The molecule has 0 fully saturated rings. The average Bonchev–Trinajstić information content (AvgIpc) is 3.39. The first-order valence-corrected chi connectivity index (χ1v) is 12.7. The highest BCUT2D eigenvalue weighted by Gasteiger charge is 2.52. The summed E-state index contributed by atoms with van der Waals surface area (Å²) in [5.74, 6) is 0. The average molecular weight is 486 g/mol. The largest absolute Gasteiger partial charge is 0.356 e. The lowest BCUT2D eigenvalue weighted by Crippen LogP contribution is -2.26. The van der Waals surface area contributed by atoms with Crippen LogP contribution in [0.15, 0.2) is 97.1 Å². The van der Waals surface area contributed by atoms with E-state index in [1.54, 1.807) is 0 Å². The Morgan fingerprint density at radius 1 is 0.500 bits per heavy atom. The van der Waals surface area contributed by atoms with E-state index in [1.165, 1.54) is 33.4 Å². The molecule has 0 atom stereocenters. The van der Waals surface area contributed by atoms with Crippen LogP contribution in [0.2, 0.25) is 0 Å². The van der Waals surface area contributed by atoms with Gasteiger partial charge in [-0.15, -0.1) is 0 Å². The number of aryl methyl sites for hydroxylation is 2. The molecule has 1 spiro atoms. The number of nitrogens with zero attached hydrogens (tertiary/aromatic N) is 2. The fourth-order valence-corrected chi connectivity index (χ4v) is 6.36. The van der Waals surface area contributed by atoms with Crippen LogP contribution in [0.3, 0.4) is 0 Å². The Hall–Kier alpha value is -5.12. The fourth-order valence-electron chi connectivity index (χ4n) is 6.36. The van der Waals surface area contributed by atoms with Gasteiger partial charge in [-0.25, -0.2) is 0 Å². The lowest BCUT2D eigenvalue weighted by molar-refractivity contribution is 0.792. The third-order valence-electron chi connectivity index (χ3n) is 8.03. The van der Waals surface area contributed by atoms with Crippen molar-refractivity contribution in [1.29, 1.82) is 10.5 Å². The SMILES string of the molecule is Cc1ccc(Nc2ccc3c(c2)C2(c4cc(C)ccc4-3)c3cc(C#N)ccc3-c3ccc(C#N)cc32)cc1. The van der Waals surface area contributed by atoms with E-state index in [4.69, 9.17) is 0 Å². The predicted octanol–water partition coefficient (Wildman–Crippen LogP) is 8.13. The minimum atomic E-state index is -0.619. The Balaban J connectivity index is 1.57. The van der Waals surface area contributed by atoms with Gasteiger partial charge in [0.15, 0.2) is 0 Å². The topological polar surface area (TPSA) is 59.6 Å². The van der Waals surface area contributed by atoms with Crippen LogP contribution in [0.5, 0.6) is 0 Å². The molecule has 3 nitrogen and oxygen atoms in total. The molecule has 1 N–H and O–H groups in total. The maximum Gasteiger partial charge on any atom is 0.0991 e. The molecule has 0 heterocycles. The third-order valence-corrected chi connectivity index (χ3v) is 8.03. The molecular formula is C35H23N3. The summed E-state index contributed by atoms with van der Waals surface area (Å²) in [6.07, 6.45) is 0. The van der Waals surface area contributed by atoms with E-state index in [1.807, 2.05) is 24.3 Å². The van der Waals surface area contributed by atoms with Crippen LogP contribution in [0.25, 0.3) is 22.3 Å². The molecule has 38 heavy (non-hydrogen) atoms. The van der Waals surface area contributed by atoms with Crippen molar-refractivity contribution >= 4 is 11.4 Å². The van der Waals surface area contributed by atoms with Crippen molar-refractivity contribution in [3.63, 3.8) is 0 Å². The van der Waals surface area contributed by atoms with Crippen LogP contribution >= 0.6 is 0 Å². The lowest BCUT2D eigenvalue weighted by atomic mass is 9.70. The second-order valence-electron chi connectivity index (χ2n) is 10.3. The summed E-state index contributed by atoms with van der Waals surface area (Å²) in [5, 5.41) is 23.3. The summed E-state index contributed by atoms with van der Waals surface area (Å²) in [4.78, 5) is 0. The highest BCUT2D eigenvalue weighted by molar-refractivity contribution is 5.96. The first-order valence-electron chi connectivity index (χ1n) is 12.7. The third kappa shape index (κ3) is 2.94. The van der Waals surface area contributed by atoms with Crippen LogP contribution in [-0.4, -0.2) is 0 Å². The molecule has 178 valence electrons. The van der Waals surface area contributed by atoms with E-state index in [2.05, 4.69) is 104 Å². The zero-order valence-corrected chi connectivity index (χ0v) is 21.1. The van der Waals surface area contributed by atoms with E-state index in [0.717, 1.165) is 33.6 Å². The molecule has 7 rings (SSSR count). The van der Waals surface area contributed by atoms with Crippen LogP contribution in [0, 0.1) is 36.5 Å². The number of benzene rings is 5. The van der Waals surface area contributed by atoms with Crippen LogP contribution in [0.1, 0.15) is 44.5 Å². The summed E-state index contributed by atoms with van der Waals surface area (Å²) in [5.41, 5.74) is 14.2. The van der Waals surface area contributed by atoms with Gasteiger partial charge < -0.3 is 5.32 Å². The number of fused-ring (bicyclic) bond motifs is 10. The second kappa shape index (κ2) is 7.94. The summed E-state index contributed by atoms with van der Waals surface area (Å²) in [6, 6.07) is 38.3. The molecule has 3 heteroatoms. The molecule has 5 aromatic rings. The fraction of sp³-hybridized carbons (Fsp3) is 0.0857. The maximum absolute atomic E-state index is 9.86. The van der Waals surface area contributed by atoms with Gasteiger partial charge in [-0.3, -0.25) is 0 Å². The predicted molar refractivity (Wildman–Crippen MR) is 151 cm³/mol. The van der Waals surface area contributed by atoms with Crippen molar-refractivity contribution in [3.05, 3.63) is 142 Å². The second-order valence-corrected chi connectivity index (χ2v) is 10.3. The van der Waals surface area contributed by atoms with Crippen molar-refractivity contribution < 1.29 is 0 Å². The first-order chi connectivity index (χ1) is 18.5. The highest BCUT2D eigenvalue weighted by atomic mass is 14.9. The van der Waals surface area contributed by atoms with Gasteiger partial charge in [0.2, 0.25) is 0 Å². The zero-order valence-electron chi connectivity index (χ0n) is 21.1. The normalized spacial score (nSPS) is 13.2. The quantitative estimate of drug-likeness (QED) is 0.269. The molecule has 0 amide bonds. The van der Waals surface area contributed by atoms with E-state index in [-0.39, 0.29) is 0 Å². The van der Waals surface area contributed by atoms with Crippen molar-refractivity contribution in [1.82, 2.24) is 0 Å². The minimum absolute atomic E-state index is 0.619. The van der Waals surface area contributed by atoms with Gasteiger partial charge in [-0.05, 0) is 107 Å². The molecule has 2 aliphatic carbocycles. The Bertz CT molecular complexity index is 1820. The lowest BCUT2D eigenvalue weighted by Gasteiger charge is -2.31. The van der Waals surface area contributed by atoms with Gasteiger partial charge in [0.1, 0.15) is 0 Å². The molecule has 0 saturated heterocycles. The smallest absolute Gasteiger partial charge is 0.0991 e. The number of anilines is 2. The summed E-state index contributed by atoms with van der Waals surface area (Å²) in [6.45, 7) is 4.21. The van der Waals surface area contributed by atoms with Gasteiger partial charge in [-0.2, -0.15) is 10.5 Å². The number of nitrogens with one attached hydrogen (secondary N) is 1. The zero-order chi connectivity index (χ0) is 26.0. The molecule has 0 radical (unpaired) electrons. The molecule has 0 unspecified atom stereocenters. The van der Waals surface area contributed by atoms with Crippen molar-refractivity contribution in [2.24, 2.45) is 0 Å². The van der Waals surface area contributed by atoms with Crippen molar-refractivity contribution in [2.75, 3.05) is 5.32 Å². The van der Waals surface area contributed by atoms with Crippen LogP contribution in [0.4, 0.5) is 11.4 Å². The Labute approximate surface area is 222 Å². The summed E-state index contributed by atoms with van der Waals surface area (Å²) >= 11 is 0. The van der Waals surface area contributed by atoms with E-state index in [9.17, 15) is 10.5 Å². The summed E-state index contributed by atoms with van der Waals surface area (Å²) in [7, 11) is 0. The molecule has 0 aliphatic heterocycles. The van der Waals surface area contributed by atoms with Gasteiger partial charge in [0.05, 0.1) is 28.7 Å². The van der Waals surface area contributed by atoms with Crippen molar-refractivity contribution in [3.8, 4) is 34.4 Å². The number of hydrogen-bond donors (Lipinski definition) is 1. The molecule has 0 bridgehead atoms. The number of rotatable bonds is 2. The van der Waals surface area contributed by atoms with Gasteiger partial charge >= 0.3 is 0 Å². The Morgan fingerprint density at radius 2 is 0.947 bits per heavy atom. The molecule has 0 saturated carbocycles. The monoisotopic (exact) mass is 485 g/mol. The first kappa shape index (κ1) is 22.1. The maximum atomic E-state index is 9.86. The van der Waals surface area contributed by atoms with E-state index < -0.39 is 5.41 Å². The molecule has 0 aromatic heterocycles. The van der Waals surface area contributed by atoms with E-state index in [0.29, 0.717) is 11.1 Å². The van der Waals surface area contributed by atoms with Crippen LogP contribution < -0.4 is 5.32 Å². The summed E-state index contributed by atoms with van der Waals surface area (Å²) < 4.78 is 0. The minimum Gasteiger partial charge on any atom is -0.356 e. The Kier molecular flexibility index (Phi) is 4.62. The van der Waals surface area contributed by atoms with E-state index >= 15 is 0 Å². The van der Waals surface area contributed by atoms with Crippen LogP contribution in [-0.2, 0) is 5.41 Å². The molecular weight excluding hydrogens is 462 g/mol. The molecule has 5 aromatic carbocycles. The standard InChI is InChI=1S/C35H23N3/c1-21-3-8-25(9-4-21)38-26-10-14-30-27-11-5-22(2)15-31(27)35(34(30)18-26)32-16-23(19-36)6-12-28(32)29-13-7-24(20-37)17-33(29)35/h3-18,38H,1-2H3. The van der Waals surface area contributed by atoms with Gasteiger partial charge in [0.25, 0.3) is 0 Å². The van der Waals surface area contributed by atoms with Gasteiger partial charge in [-0.1, -0.05) is 59.7 Å². The van der Waals surface area contributed by atoms with Gasteiger partial charge in [0, 0.05) is 11.4 Å². The Morgan fingerprint density at radius 3 is 1.53 bits per heavy atom. The molecule has 2 aliphatic rings. The van der Waals surface area contributed by atoms with Crippen molar-refractivity contribution in [2.45, 2.75) is 19.3 Å².